The number of hydrogen-bond acceptors (Lipinski definition) is 7. The van der Waals surface area contributed by atoms with Crippen LogP contribution in [0, 0.1) is 0 Å². The first kappa shape index (κ1) is 48.2. The molecule has 0 fully saturated rings. The molecule has 0 aliphatic carbocycles. The molecule has 292 valence electrons. The van der Waals surface area contributed by atoms with Gasteiger partial charge >= 0.3 is 11.9 Å². The maximum absolute atomic E-state index is 13.1. The van der Waals surface area contributed by atoms with Gasteiger partial charge in [0.05, 0.1) is 5.75 Å². The van der Waals surface area contributed by atoms with Crippen molar-refractivity contribution in [2.45, 2.75) is 168 Å². The SMILES string of the molecule is CCCCCC/C=C\COC(=O)CCCCCCCN(CCCCCCCC(=O)OC/C=C\CCCCCC)C(=O)CSCCCN(C)CC. The topological polar surface area (TPSA) is 76.1 Å². The number of allylic oxidation sites excluding steroid dienone is 2. The van der Waals surface area contributed by atoms with Crippen LogP contribution in [0.4, 0.5) is 0 Å². The standard InChI is InChI=1S/C42H78N2O5S/c1-5-8-10-12-14-22-28-36-48-41(46)31-24-18-16-20-26-34-44(40(45)39-50-38-30-33-43(4)7-3)35-27-21-17-19-25-32-42(47)49-37-29-23-15-13-11-9-6-2/h22-23,28-29H,5-21,24-27,30-39H2,1-4H3/b28-22-,29-23-. The van der Waals surface area contributed by atoms with Gasteiger partial charge < -0.3 is 19.3 Å². The molecule has 0 N–H and O–H groups in total. The van der Waals surface area contributed by atoms with Gasteiger partial charge in [-0.1, -0.05) is 122 Å². The molecule has 0 saturated heterocycles. The largest absolute Gasteiger partial charge is 0.461 e. The van der Waals surface area contributed by atoms with Gasteiger partial charge in [-0.3, -0.25) is 14.4 Å². The zero-order valence-corrected chi connectivity index (χ0v) is 33.9. The van der Waals surface area contributed by atoms with Crippen LogP contribution in [0.1, 0.15) is 168 Å². The van der Waals surface area contributed by atoms with Crippen LogP contribution < -0.4 is 0 Å². The van der Waals surface area contributed by atoms with Crippen LogP contribution in [0.3, 0.4) is 0 Å². The van der Waals surface area contributed by atoms with Gasteiger partial charge in [0.25, 0.3) is 0 Å². The summed E-state index contributed by atoms with van der Waals surface area (Å²) in [5.41, 5.74) is 0. The van der Waals surface area contributed by atoms with Crippen molar-refractivity contribution >= 4 is 29.6 Å². The number of rotatable bonds is 37. The molecular formula is C42H78N2O5S. The lowest BCUT2D eigenvalue weighted by Crippen LogP contribution is -2.34. The Morgan fingerprint density at radius 1 is 0.540 bits per heavy atom. The minimum atomic E-state index is -0.104. The van der Waals surface area contributed by atoms with Crippen LogP contribution in [0.15, 0.2) is 24.3 Å². The van der Waals surface area contributed by atoms with Crippen molar-refractivity contribution in [2.75, 3.05) is 57.9 Å². The first-order valence-corrected chi connectivity index (χ1v) is 21.7. The Labute approximate surface area is 313 Å². The van der Waals surface area contributed by atoms with E-state index in [1.807, 2.05) is 12.2 Å². The molecule has 0 aliphatic rings. The van der Waals surface area contributed by atoms with Gasteiger partial charge in [-0.05, 0) is 83.7 Å². The highest BCUT2D eigenvalue weighted by atomic mass is 32.2. The van der Waals surface area contributed by atoms with Crippen LogP contribution >= 0.6 is 11.8 Å². The molecule has 8 heteroatoms. The lowest BCUT2D eigenvalue weighted by Gasteiger charge is -2.23. The third-order valence-corrected chi connectivity index (χ3v) is 10.1. The quantitative estimate of drug-likeness (QED) is 0.0359. The van der Waals surface area contributed by atoms with Crippen LogP contribution in [0.5, 0.6) is 0 Å². The average Bonchev–Trinajstić information content (AvgIpc) is 3.11. The number of carbonyl (C=O) groups excluding carboxylic acids is 3. The Morgan fingerprint density at radius 2 is 1.00 bits per heavy atom. The minimum absolute atomic E-state index is 0.104. The summed E-state index contributed by atoms with van der Waals surface area (Å²) in [6, 6.07) is 0. The fourth-order valence-corrected chi connectivity index (χ4v) is 6.42. The minimum Gasteiger partial charge on any atom is -0.461 e. The number of ether oxygens (including phenoxy) is 2. The molecule has 0 atom stereocenters. The van der Waals surface area contributed by atoms with Crippen molar-refractivity contribution in [3.63, 3.8) is 0 Å². The van der Waals surface area contributed by atoms with E-state index in [2.05, 4.69) is 49.8 Å². The van der Waals surface area contributed by atoms with Crippen molar-refractivity contribution in [1.29, 1.82) is 0 Å². The third kappa shape index (κ3) is 34.6. The molecule has 0 aromatic carbocycles. The van der Waals surface area contributed by atoms with E-state index in [0.717, 1.165) is 115 Å². The summed E-state index contributed by atoms with van der Waals surface area (Å²) in [6.07, 6.45) is 32.5. The molecule has 7 nitrogen and oxygen atoms in total. The number of unbranched alkanes of at least 4 members (excludes halogenated alkanes) is 16. The average molecular weight is 723 g/mol. The van der Waals surface area contributed by atoms with E-state index in [0.29, 0.717) is 31.8 Å². The molecule has 0 unspecified atom stereocenters. The van der Waals surface area contributed by atoms with Crippen LogP contribution in [-0.2, 0) is 23.9 Å². The second kappa shape index (κ2) is 38.4. The lowest BCUT2D eigenvalue weighted by atomic mass is 10.1. The van der Waals surface area contributed by atoms with Crippen molar-refractivity contribution in [3.05, 3.63) is 24.3 Å². The molecule has 0 aromatic heterocycles. The smallest absolute Gasteiger partial charge is 0.306 e. The first-order valence-electron chi connectivity index (χ1n) is 20.6. The van der Waals surface area contributed by atoms with Gasteiger partial charge in [0, 0.05) is 25.9 Å². The highest BCUT2D eigenvalue weighted by Gasteiger charge is 2.13. The molecule has 0 rings (SSSR count). The van der Waals surface area contributed by atoms with Crippen molar-refractivity contribution in [3.8, 4) is 0 Å². The van der Waals surface area contributed by atoms with Gasteiger partial charge in [-0.2, -0.15) is 11.8 Å². The third-order valence-electron chi connectivity index (χ3n) is 9.03. The summed E-state index contributed by atoms with van der Waals surface area (Å²) < 4.78 is 10.7. The van der Waals surface area contributed by atoms with E-state index < -0.39 is 0 Å². The normalized spacial score (nSPS) is 11.6. The van der Waals surface area contributed by atoms with Crippen molar-refractivity contribution < 1.29 is 23.9 Å². The van der Waals surface area contributed by atoms with Gasteiger partial charge in [0.2, 0.25) is 5.91 Å². The summed E-state index contributed by atoms with van der Waals surface area (Å²) in [7, 11) is 2.14. The van der Waals surface area contributed by atoms with E-state index in [4.69, 9.17) is 9.47 Å². The summed E-state index contributed by atoms with van der Waals surface area (Å²) in [5.74, 6) is 1.62. The fraction of sp³-hybridized carbons (Fsp3) is 0.833. The molecule has 1 amide bonds. The number of esters is 2. The number of hydrogen-bond donors (Lipinski definition) is 0. The Hall–Kier alpha value is -1.80. The molecule has 0 aliphatic heterocycles. The number of nitrogens with zero attached hydrogens (tertiary/aromatic N) is 2. The van der Waals surface area contributed by atoms with E-state index in [1.165, 1.54) is 51.4 Å². The van der Waals surface area contributed by atoms with Gasteiger partial charge in [0.1, 0.15) is 13.2 Å². The Balaban J connectivity index is 4.22. The summed E-state index contributed by atoms with van der Waals surface area (Å²) in [5, 5.41) is 0. The molecule has 0 saturated carbocycles. The summed E-state index contributed by atoms with van der Waals surface area (Å²) >= 11 is 1.76. The van der Waals surface area contributed by atoms with Gasteiger partial charge in [-0.25, -0.2) is 0 Å². The molecule has 0 spiro atoms. The lowest BCUT2D eigenvalue weighted by molar-refractivity contribution is -0.143. The highest BCUT2D eigenvalue weighted by molar-refractivity contribution is 7.99. The maximum atomic E-state index is 13.1. The Kier molecular flexibility index (Phi) is 37.0. The first-order chi connectivity index (χ1) is 24.4. The van der Waals surface area contributed by atoms with Gasteiger partial charge in [0.15, 0.2) is 0 Å². The van der Waals surface area contributed by atoms with Crippen molar-refractivity contribution in [2.24, 2.45) is 0 Å². The second-order valence-corrected chi connectivity index (χ2v) is 14.8. The molecule has 0 aromatic rings. The predicted octanol–water partition coefficient (Wildman–Crippen LogP) is 10.7. The maximum Gasteiger partial charge on any atom is 0.306 e. The summed E-state index contributed by atoms with van der Waals surface area (Å²) in [6.45, 7) is 11.1. The van der Waals surface area contributed by atoms with Gasteiger partial charge in [-0.15, -0.1) is 0 Å². The Bertz CT molecular complexity index is 798. The molecule has 50 heavy (non-hydrogen) atoms. The zero-order valence-electron chi connectivity index (χ0n) is 33.1. The molecule has 0 bridgehead atoms. The monoisotopic (exact) mass is 723 g/mol. The van der Waals surface area contributed by atoms with Crippen LogP contribution in [-0.4, -0.2) is 85.6 Å². The number of thioether (sulfide) groups is 1. The summed E-state index contributed by atoms with van der Waals surface area (Å²) in [4.78, 5) is 41.6. The van der Waals surface area contributed by atoms with E-state index in [9.17, 15) is 14.4 Å². The zero-order chi connectivity index (χ0) is 36.8. The van der Waals surface area contributed by atoms with E-state index in [1.54, 1.807) is 11.8 Å². The molecule has 0 heterocycles. The Morgan fingerprint density at radius 3 is 1.48 bits per heavy atom. The molecule has 0 radical (unpaired) electrons. The van der Waals surface area contributed by atoms with E-state index in [-0.39, 0.29) is 17.8 Å². The highest BCUT2D eigenvalue weighted by Crippen LogP contribution is 2.13. The van der Waals surface area contributed by atoms with Crippen LogP contribution in [0.25, 0.3) is 0 Å². The molecular weight excluding hydrogens is 645 g/mol. The van der Waals surface area contributed by atoms with E-state index >= 15 is 0 Å². The van der Waals surface area contributed by atoms with Crippen LogP contribution in [0.2, 0.25) is 0 Å². The number of amides is 1. The predicted molar refractivity (Wildman–Crippen MR) is 215 cm³/mol. The number of carbonyl (C=O) groups is 3. The van der Waals surface area contributed by atoms with Crippen molar-refractivity contribution in [1.82, 2.24) is 9.80 Å². The second-order valence-electron chi connectivity index (χ2n) is 13.7. The fourth-order valence-electron chi connectivity index (χ4n) is 5.59.